The smallest absolute Gasteiger partial charge is 0.0528 e. The topological polar surface area (TPSA) is 53.7 Å². The van der Waals surface area contributed by atoms with Gasteiger partial charge in [-0.15, -0.1) is 0 Å². The highest BCUT2D eigenvalue weighted by Gasteiger charge is 2.08. The van der Waals surface area contributed by atoms with Crippen LogP contribution in [0, 0.1) is 19.8 Å². The molecule has 1 aromatic heterocycles. The molecular weight excluding hydrogens is 188 g/mol. The standard InChI is InChI=1S/C11H18N4/c1-8(2)7-15-9(3)5-11(10(15)4)6-13-14-12/h5,8H,6-7H2,1-4H3. The number of rotatable bonds is 4. The molecule has 0 aromatic carbocycles. The van der Waals surface area contributed by atoms with E-state index in [1.54, 1.807) is 0 Å². The first-order chi connectivity index (χ1) is 7.06. The highest BCUT2D eigenvalue weighted by Crippen LogP contribution is 2.17. The Morgan fingerprint density at radius 3 is 2.67 bits per heavy atom. The zero-order valence-electron chi connectivity index (χ0n) is 9.86. The van der Waals surface area contributed by atoms with Crippen LogP contribution >= 0.6 is 0 Å². The number of azide groups is 1. The summed E-state index contributed by atoms with van der Waals surface area (Å²) in [6.45, 7) is 10.0. The molecule has 0 aliphatic rings. The van der Waals surface area contributed by atoms with Gasteiger partial charge in [-0.3, -0.25) is 0 Å². The molecular formula is C11H18N4. The minimum Gasteiger partial charge on any atom is -0.349 e. The molecule has 82 valence electrons. The maximum absolute atomic E-state index is 8.29. The molecule has 15 heavy (non-hydrogen) atoms. The van der Waals surface area contributed by atoms with Crippen molar-refractivity contribution in [2.24, 2.45) is 11.0 Å². The first kappa shape index (κ1) is 11.7. The van der Waals surface area contributed by atoms with Crippen molar-refractivity contribution in [1.29, 1.82) is 0 Å². The molecule has 1 heterocycles. The molecule has 0 aliphatic heterocycles. The largest absolute Gasteiger partial charge is 0.349 e. The van der Waals surface area contributed by atoms with E-state index in [4.69, 9.17) is 5.53 Å². The molecule has 0 radical (unpaired) electrons. The molecule has 0 saturated heterocycles. The monoisotopic (exact) mass is 206 g/mol. The van der Waals surface area contributed by atoms with Gasteiger partial charge in [0.1, 0.15) is 0 Å². The summed E-state index contributed by atoms with van der Waals surface area (Å²) in [7, 11) is 0. The number of aryl methyl sites for hydroxylation is 1. The lowest BCUT2D eigenvalue weighted by Crippen LogP contribution is -2.07. The first-order valence-electron chi connectivity index (χ1n) is 5.22. The Morgan fingerprint density at radius 2 is 2.13 bits per heavy atom. The number of hydrogen-bond donors (Lipinski definition) is 0. The zero-order valence-corrected chi connectivity index (χ0v) is 9.86. The van der Waals surface area contributed by atoms with E-state index < -0.39 is 0 Å². The normalized spacial score (nSPS) is 10.5. The van der Waals surface area contributed by atoms with Crippen molar-refractivity contribution in [2.75, 3.05) is 0 Å². The Morgan fingerprint density at radius 1 is 1.47 bits per heavy atom. The van der Waals surface area contributed by atoms with Crippen LogP contribution in [0.3, 0.4) is 0 Å². The van der Waals surface area contributed by atoms with Gasteiger partial charge in [0, 0.05) is 22.8 Å². The van der Waals surface area contributed by atoms with Gasteiger partial charge in [0.15, 0.2) is 0 Å². The fourth-order valence-electron chi connectivity index (χ4n) is 1.79. The van der Waals surface area contributed by atoms with Crippen molar-refractivity contribution in [3.8, 4) is 0 Å². The average molecular weight is 206 g/mol. The second-order valence-electron chi connectivity index (χ2n) is 4.29. The van der Waals surface area contributed by atoms with Gasteiger partial charge in [-0.1, -0.05) is 19.0 Å². The van der Waals surface area contributed by atoms with Gasteiger partial charge in [0.2, 0.25) is 0 Å². The minimum absolute atomic E-state index is 0.453. The van der Waals surface area contributed by atoms with Gasteiger partial charge in [-0.2, -0.15) is 0 Å². The molecule has 0 aliphatic carbocycles. The lowest BCUT2D eigenvalue weighted by Gasteiger charge is -2.12. The van der Waals surface area contributed by atoms with Gasteiger partial charge in [0.05, 0.1) is 6.54 Å². The third-order valence-electron chi connectivity index (χ3n) is 2.53. The maximum Gasteiger partial charge on any atom is 0.0528 e. The summed E-state index contributed by atoms with van der Waals surface area (Å²) in [5, 5.41) is 3.60. The fourth-order valence-corrected chi connectivity index (χ4v) is 1.79. The lowest BCUT2D eigenvalue weighted by molar-refractivity contribution is 0.508. The predicted octanol–water partition coefficient (Wildman–Crippen LogP) is 3.57. The van der Waals surface area contributed by atoms with Crippen LogP contribution in [0.25, 0.3) is 10.4 Å². The molecule has 0 spiro atoms. The van der Waals surface area contributed by atoms with Crippen LogP contribution in [0.5, 0.6) is 0 Å². The summed E-state index contributed by atoms with van der Waals surface area (Å²) in [5.41, 5.74) is 11.9. The number of hydrogen-bond acceptors (Lipinski definition) is 1. The van der Waals surface area contributed by atoms with Gasteiger partial charge < -0.3 is 4.57 Å². The van der Waals surface area contributed by atoms with Gasteiger partial charge in [0.25, 0.3) is 0 Å². The van der Waals surface area contributed by atoms with Crippen LogP contribution in [0.1, 0.15) is 30.8 Å². The molecule has 1 rings (SSSR count). The SMILES string of the molecule is Cc1cc(CN=[N+]=[N-])c(C)n1CC(C)C. The van der Waals surface area contributed by atoms with E-state index in [0.29, 0.717) is 12.5 Å². The van der Waals surface area contributed by atoms with Crippen LogP contribution in [-0.4, -0.2) is 4.57 Å². The van der Waals surface area contributed by atoms with Gasteiger partial charge in [-0.05, 0) is 36.9 Å². The summed E-state index contributed by atoms with van der Waals surface area (Å²) < 4.78 is 2.28. The molecule has 0 saturated carbocycles. The first-order valence-corrected chi connectivity index (χ1v) is 5.22. The second-order valence-corrected chi connectivity index (χ2v) is 4.29. The zero-order chi connectivity index (χ0) is 11.4. The quantitative estimate of drug-likeness (QED) is 0.411. The fraction of sp³-hybridized carbons (Fsp3) is 0.636. The third kappa shape index (κ3) is 2.77. The van der Waals surface area contributed by atoms with Crippen molar-refractivity contribution in [2.45, 2.75) is 40.8 Å². The Hall–Kier alpha value is -1.41. The third-order valence-corrected chi connectivity index (χ3v) is 2.53. The summed E-state index contributed by atoms with van der Waals surface area (Å²) >= 11 is 0. The molecule has 0 bridgehead atoms. The van der Waals surface area contributed by atoms with Crippen LogP contribution in [0.4, 0.5) is 0 Å². The van der Waals surface area contributed by atoms with Crippen molar-refractivity contribution >= 4 is 0 Å². The molecule has 1 aromatic rings. The van der Waals surface area contributed by atoms with E-state index in [1.807, 2.05) is 0 Å². The predicted molar refractivity (Wildman–Crippen MR) is 61.6 cm³/mol. The van der Waals surface area contributed by atoms with E-state index in [1.165, 1.54) is 11.4 Å². The molecule has 0 fully saturated rings. The van der Waals surface area contributed by atoms with Crippen LogP contribution in [-0.2, 0) is 13.1 Å². The summed E-state index contributed by atoms with van der Waals surface area (Å²) in [6.07, 6.45) is 0. The Labute approximate surface area is 90.5 Å². The molecule has 4 nitrogen and oxygen atoms in total. The highest BCUT2D eigenvalue weighted by atomic mass is 15.1. The summed E-state index contributed by atoms with van der Waals surface area (Å²) in [4.78, 5) is 2.79. The number of aromatic nitrogens is 1. The Bertz CT molecular complexity index is 384. The van der Waals surface area contributed by atoms with Gasteiger partial charge in [-0.25, -0.2) is 0 Å². The van der Waals surface area contributed by atoms with Crippen molar-refractivity contribution in [3.05, 3.63) is 33.5 Å². The van der Waals surface area contributed by atoms with Crippen molar-refractivity contribution in [3.63, 3.8) is 0 Å². The van der Waals surface area contributed by atoms with Crippen LogP contribution < -0.4 is 0 Å². The van der Waals surface area contributed by atoms with Crippen LogP contribution in [0.15, 0.2) is 11.2 Å². The van der Waals surface area contributed by atoms with E-state index in [0.717, 1.165) is 12.1 Å². The Balaban J connectivity index is 2.97. The van der Waals surface area contributed by atoms with E-state index in [-0.39, 0.29) is 0 Å². The second kappa shape index (κ2) is 4.89. The lowest BCUT2D eigenvalue weighted by atomic mass is 10.2. The Kier molecular flexibility index (Phi) is 3.81. The number of nitrogens with zero attached hydrogens (tertiary/aromatic N) is 4. The molecule has 4 heteroatoms. The van der Waals surface area contributed by atoms with Crippen molar-refractivity contribution in [1.82, 2.24) is 4.57 Å². The molecule has 0 unspecified atom stereocenters. The molecule has 0 amide bonds. The van der Waals surface area contributed by atoms with Crippen LogP contribution in [0.2, 0.25) is 0 Å². The van der Waals surface area contributed by atoms with E-state index in [9.17, 15) is 0 Å². The molecule has 0 atom stereocenters. The maximum atomic E-state index is 8.29. The average Bonchev–Trinajstić information content (AvgIpc) is 2.42. The minimum atomic E-state index is 0.453. The highest BCUT2D eigenvalue weighted by molar-refractivity contribution is 5.26. The van der Waals surface area contributed by atoms with Gasteiger partial charge >= 0.3 is 0 Å². The van der Waals surface area contributed by atoms with Crippen molar-refractivity contribution < 1.29 is 0 Å². The van der Waals surface area contributed by atoms with E-state index in [2.05, 4.69) is 48.4 Å². The summed E-state index contributed by atoms with van der Waals surface area (Å²) in [5.74, 6) is 0.627. The van der Waals surface area contributed by atoms with E-state index >= 15 is 0 Å². The summed E-state index contributed by atoms with van der Waals surface area (Å²) in [6, 6.07) is 2.10. The molecule has 0 N–H and O–H groups in total.